The van der Waals surface area contributed by atoms with Crippen LogP contribution in [0.1, 0.15) is 13.3 Å². The van der Waals surface area contributed by atoms with Crippen molar-refractivity contribution in [2.24, 2.45) is 0 Å². The molecule has 80 valence electrons. The van der Waals surface area contributed by atoms with Crippen molar-refractivity contribution in [1.82, 2.24) is 0 Å². The molecule has 3 nitrogen and oxygen atoms in total. The summed E-state index contributed by atoms with van der Waals surface area (Å²) in [4.78, 5) is 2.16. The van der Waals surface area contributed by atoms with E-state index in [1.807, 2.05) is 24.3 Å². The summed E-state index contributed by atoms with van der Waals surface area (Å²) in [5.74, 6) is 0.850. The van der Waals surface area contributed by atoms with Crippen molar-refractivity contribution in [1.29, 1.82) is 5.26 Å². The smallest absolute Gasteiger partial charge is 0.120 e. The van der Waals surface area contributed by atoms with Crippen LogP contribution in [0.5, 0.6) is 5.75 Å². The molecule has 0 aromatic heterocycles. The molecule has 0 aliphatic rings. The molecule has 0 aliphatic heterocycles. The predicted molar refractivity (Wildman–Crippen MR) is 61.1 cm³/mol. The van der Waals surface area contributed by atoms with Gasteiger partial charge in [-0.2, -0.15) is 5.26 Å². The fourth-order valence-corrected chi connectivity index (χ4v) is 1.46. The molecule has 0 N–H and O–H groups in total. The Bertz CT molecular complexity index is 344. The summed E-state index contributed by atoms with van der Waals surface area (Å²) in [6, 6.07) is 10.1. The van der Waals surface area contributed by atoms with E-state index < -0.39 is 0 Å². The Balaban J connectivity index is 2.77. The zero-order valence-corrected chi connectivity index (χ0v) is 9.23. The maximum atomic E-state index is 8.56. The number of hydrogen-bond acceptors (Lipinski definition) is 3. The van der Waals surface area contributed by atoms with Crippen LogP contribution in [0.2, 0.25) is 0 Å². The fourth-order valence-electron chi connectivity index (χ4n) is 1.46. The summed E-state index contributed by atoms with van der Waals surface area (Å²) in [6.45, 7) is 3.74. The quantitative estimate of drug-likeness (QED) is 0.739. The van der Waals surface area contributed by atoms with Gasteiger partial charge < -0.3 is 9.64 Å². The average molecular weight is 204 g/mol. The van der Waals surface area contributed by atoms with Gasteiger partial charge >= 0.3 is 0 Å². The van der Waals surface area contributed by atoms with E-state index in [9.17, 15) is 0 Å². The second kappa shape index (κ2) is 5.92. The Labute approximate surface area is 90.9 Å². The van der Waals surface area contributed by atoms with Gasteiger partial charge in [0.15, 0.2) is 0 Å². The van der Waals surface area contributed by atoms with E-state index in [0.29, 0.717) is 6.42 Å². The molecule has 0 atom stereocenters. The van der Waals surface area contributed by atoms with Gasteiger partial charge in [0.1, 0.15) is 5.75 Å². The van der Waals surface area contributed by atoms with Crippen LogP contribution >= 0.6 is 0 Å². The number of nitrogens with zero attached hydrogens (tertiary/aromatic N) is 2. The molecule has 3 heteroatoms. The molecule has 1 aromatic rings. The molecule has 0 bridgehead atoms. The molecular formula is C12H16N2O. The van der Waals surface area contributed by atoms with Gasteiger partial charge in [0.05, 0.1) is 19.6 Å². The highest BCUT2D eigenvalue weighted by Crippen LogP contribution is 2.20. The van der Waals surface area contributed by atoms with Crippen molar-refractivity contribution >= 4 is 5.69 Å². The standard InChI is InChI=1S/C12H16N2O/c1-3-14(9-5-8-13)11-6-4-7-12(10-11)15-2/h4,6-7,10H,3,5,9H2,1-2H3. The molecule has 0 unspecified atom stereocenters. The summed E-state index contributed by atoms with van der Waals surface area (Å²) < 4.78 is 5.16. The maximum absolute atomic E-state index is 8.56. The topological polar surface area (TPSA) is 36.3 Å². The lowest BCUT2D eigenvalue weighted by atomic mass is 10.2. The molecule has 0 fully saturated rings. The van der Waals surface area contributed by atoms with Gasteiger partial charge in [-0.1, -0.05) is 6.07 Å². The number of methoxy groups -OCH3 is 1. The van der Waals surface area contributed by atoms with Crippen molar-refractivity contribution in [3.05, 3.63) is 24.3 Å². The lowest BCUT2D eigenvalue weighted by Gasteiger charge is -2.22. The molecule has 0 saturated heterocycles. The van der Waals surface area contributed by atoms with Crippen LogP contribution in [-0.2, 0) is 0 Å². The zero-order chi connectivity index (χ0) is 11.1. The number of anilines is 1. The Kier molecular flexibility index (Phi) is 4.49. The second-order valence-electron chi connectivity index (χ2n) is 3.19. The number of benzene rings is 1. The molecule has 0 radical (unpaired) electrons. The summed E-state index contributed by atoms with van der Waals surface area (Å²) in [5, 5.41) is 8.56. The van der Waals surface area contributed by atoms with Gasteiger partial charge in [-0.25, -0.2) is 0 Å². The van der Waals surface area contributed by atoms with Crippen LogP contribution in [0.4, 0.5) is 5.69 Å². The highest BCUT2D eigenvalue weighted by molar-refractivity contribution is 5.50. The Morgan fingerprint density at radius 2 is 2.27 bits per heavy atom. The van der Waals surface area contributed by atoms with Crippen molar-refractivity contribution in [2.45, 2.75) is 13.3 Å². The van der Waals surface area contributed by atoms with Crippen LogP contribution in [0.15, 0.2) is 24.3 Å². The highest BCUT2D eigenvalue weighted by atomic mass is 16.5. The minimum absolute atomic E-state index is 0.547. The monoisotopic (exact) mass is 204 g/mol. The molecule has 1 aromatic carbocycles. The highest BCUT2D eigenvalue weighted by Gasteiger charge is 2.04. The summed E-state index contributed by atoms with van der Waals surface area (Å²) >= 11 is 0. The third-order valence-corrected chi connectivity index (χ3v) is 2.29. The van der Waals surface area contributed by atoms with E-state index in [2.05, 4.69) is 17.9 Å². The number of rotatable bonds is 5. The van der Waals surface area contributed by atoms with E-state index >= 15 is 0 Å². The van der Waals surface area contributed by atoms with Gasteiger partial charge in [0, 0.05) is 24.8 Å². The first kappa shape index (κ1) is 11.4. The van der Waals surface area contributed by atoms with E-state index in [1.54, 1.807) is 7.11 Å². The van der Waals surface area contributed by atoms with Gasteiger partial charge in [-0.3, -0.25) is 0 Å². The SMILES string of the molecule is CCN(CCC#N)c1cccc(OC)c1. The van der Waals surface area contributed by atoms with Crippen molar-refractivity contribution in [3.63, 3.8) is 0 Å². The lowest BCUT2D eigenvalue weighted by Crippen LogP contribution is -2.23. The third-order valence-electron chi connectivity index (χ3n) is 2.29. The first-order valence-corrected chi connectivity index (χ1v) is 5.07. The Morgan fingerprint density at radius 1 is 1.47 bits per heavy atom. The number of hydrogen-bond donors (Lipinski definition) is 0. The Morgan fingerprint density at radius 3 is 2.87 bits per heavy atom. The van der Waals surface area contributed by atoms with Gasteiger partial charge in [0.2, 0.25) is 0 Å². The number of nitriles is 1. The molecular weight excluding hydrogens is 188 g/mol. The molecule has 0 heterocycles. The van der Waals surface area contributed by atoms with Crippen LogP contribution in [0.3, 0.4) is 0 Å². The maximum Gasteiger partial charge on any atom is 0.120 e. The van der Waals surface area contributed by atoms with E-state index in [0.717, 1.165) is 24.5 Å². The average Bonchev–Trinajstić information content (AvgIpc) is 2.30. The molecule has 0 amide bonds. The van der Waals surface area contributed by atoms with E-state index in [-0.39, 0.29) is 0 Å². The van der Waals surface area contributed by atoms with Gasteiger partial charge in [-0.05, 0) is 19.1 Å². The number of ether oxygens (including phenoxy) is 1. The fraction of sp³-hybridized carbons (Fsp3) is 0.417. The van der Waals surface area contributed by atoms with Crippen LogP contribution < -0.4 is 9.64 Å². The lowest BCUT2D eigenvalue weighted by molar-refractivity contribution is 0.415. The minimum atomic E-state index is 0.547. The summed E-state index contributed by atoms with van der Waals surface area (Å²) in [5.41, 5.74) is 1.10. The van der Waals surface area contributed by atoms with Crippen molar-refractivity contribution < 1.29 is 4.74 Å². The predicted octanol–water partition coefficient (Wildman–Crippen LogP) is 2.44. The molecule has 0 aliphatic carbocycles. The van der Waals surface area contributed by atoms with Gasteiger partial charge in [0.25, 0.3) is 0 Å². The minimum Gasteiger partial charge on any atom is -0.497 e. The molecule has 0 spiro atoms. The first-order valence-electron chi connectivity index (χ1n) is 5.07. The summed E-state index contributed by atoms with van der Waals surface area (Å²) in [7, 11) is 1.66. The van der Waals surface area contributed by atoms with E-state index in [4.69, 9.17) is 10.00 Å². The third kappa shape index (κ3) is 3.17. The molecule has 1 rings (SSSR count). The van der Waals surface area contributed by atoms with Crippen molar-refractivity contribution in [2.75, 3.05) is 25.1 Å². The largest absolute Gasteiger partial charge is 0.497 e. The van der Waals surface area contributed by atoms with Crippen molar-refractivity contribution in [3.8, 4) is 11.8 Å². The van der Waals surface area contributed by atoms with Crippen LogP contribution in [0.25, 0.3) is 0 Å². The van der Waals surface area contributed by atoms with E-state index in [1.165, 1.54) is 0 Å². The Hall–Kier alpha value is -1.69. The second-order valence-corrected chi connectivity index (χ2v) is 3.19. The van der Waals surface area contributed by atoms with Gasteiger partial charge in [-0.15, -0.1) is 0 Å². The normalized spacial score (nSPS) is 9.40. The molecule has 15 heavy (non-hydrogen) atoms. The zero-order valence-electron chi connectivity index (χ0n) is 9.23. The van der Waals surface area contributed by atoms with Crippen LogP contribution in [0, 0.1) is 11.3 Å². The molecule has 0 saturated carbocycles. The van der Waals surface area contributed by atoms with Crippen LogP contribution in [-0.4, -0.2) is 20.2 Å². The summed E-state index contributed by atoms with van der Waals surface area (Å²) in [6.07, 6.45) is 0.547. The first-order chi connectivity index (χ1) is 7.31.